The highest BCUT2D eigenvalue weighted by Gasteiger charge is 2.24. The van der Waals surface area contributed by atoms with Crippen molar-refractivity contribution in [2.75, 3.05) is 33.9 Å². The third-order valence-corrected chi connectivity index (χ3v) is 5.86. The van der Waals surface area contributed by atoms with Gasteiger partial charge in [-0.2, -0.15) is 0 Å². The van der Waals surface area contributed by atoms with Crippen molar-refractivity contribution >= 4 is 5.91 Å². The first-order chi connectivity index (χ1) is 15.1. The number of carbonyl (C=O) groups excluding carboxylic acids is 1. The topological polar surface area (TPSA) is 92.6 Å². The second-order valence-electron chi connectivity index (χ2n) is 7.57. The summed E-state index contributed by atoms with van der Waals surface area (Å²) in [5, 5.41) is 7.02. The first-order valence-corrected chi connectivity index (χ1v) is 10.5. The van der Waals surface area contributed by atoms with E-state index < -0.39 is 0 Å². The first-order valence-electron chi connectivity index (χ1n) is 10.5. The van der Waals surface area contributed by atoms with Crippen LogP contribution in [0.25, 0.3) is 22.5 Å². The van der Waals surface area contributed by atoms with Gasteiger partial charge in [0.2, 0.25) is 0 Å². The number of nitrogens with one attached hydrogen (secondary N) is 2. The zero-order chi connectivity index (χ0) is 21.8. The molecule has 1 saturated heterocycles. The Morgan fingerprint density at radius 3 is 2.94 bits per heavy atom. The predicted molar refractivity (Wildman–Crippen MR) is 117 cm³/mol. The van der Waals surface area contributed by atoms with Gasteiger partial charge in [-0.15, -0.1) is 0 Å². The summed E-state index contributed by atoms with van der Waals surface area (Å²) in [5.41, 5.74) is 2.77. The van der Waals surface area contributed by atoms with E-state index in [1.54, 1.807) is 32.7 Å². The van der Waals surface area contributed by atoms with Crippen LogP contribution in [-0.4, -0.2) is 60.8 Å². The fraction of sp³-hybridized carbons (Fsp3) is 0.391. The largest absolute Gasteiger partial charge is 0.497 e. The Morgan fingerprint density at radius 1 is 1.29 bits per heavy atom. The number of aromatic amines is 1. The number of aromatic nitrogens is 2. The number of hydrogen-bond acceptors (Lipinski definition) is 6. The van der Waals surface area contributed by atoms with E-state index in [9.17, 15) is 4.79 Å². The summed E-state index contributed by atoms with van der Waals surface area (Å²) in [7, 11) is 3.23. The first kappa shape index (κ1) is 21.0. The van der Waals surface area contributed by atoms with Gasteiger partial charge in [-0.05, 0) is 50.2 Å². The van der Waals surface area contributed by atoms with E-state index >= 15 is 0 Å². The molecule has 1 aliphatic heterocycles. The summed E-state index contributed by atoms with van der Waals surface area (Å²) in [6.07, 6.45) is 5.69. The minimum absolute atomic E-state index is 0.130. The van der Waals surface area contributed by atoms with E-state index in [4.69, 9.17) is 14.0 Å². The van der Waals surface area contributed by atoms with Crippen LogP contribution in [-0.2, 0) is 0 Å². The number of likely N-dealkylation sites (N-methyl/N-ethyl adjacent to an activating group) is 1. The van der Waals surface area contributed by atoms with Crippen LogP contribution in [0.2, 0.25) is 0 Å². The van der Waals surface area contributed by atoms with E-state index in [1.807, 2.05) is 18.2 Å². The maximum Gasteiger partial charge on any atom is 0.267 e. The normalized spacial score (nSPS) is 16.4. The number of amides is 1. The molecule has 1 fully saturated rings. The van der Waals surface area contributed by atoms with Crippen LogP contribution in [0.15, 0.2) is 41.2 Å². The van der Waals surface area contributed by atoms with Crippen molar-refractivity contribution in [1.82, 2.24) is 20.4 Å². The molecule has 31 heavy (non-hydrogen) atoms. The Balaban J connectivity index is 1.53. The molecule has 0 radical (unpaired) electrons. The summed E-state index contributed by atoms with van der Waals surface area (Å²) in [4.78, 5) is 18.1. The highest BCUT2D eigenvalue weighted by atomic mass is 16.5. The highest BCUT2D eigenvalue weighted by Crippen LogP contribution is 2.39. The molecule has 3 aromatic rings. The molecule has 164 valence electrons. The number of likely N-dealkylation sites (tertiary alicyclic amines) is 1. The minimum Gasteiger partial charge on any atom is -0.497 e. The molecule has 8 heteroatoms. The van der Waals surface area contributed by atoms with Crippen molar-refractivity contribution in [1.29, 1.82) is 0 Å². The molecule has 1 aliphatic rings. The Hall–Kier alpha value is -3.26. The molecule has 4 rings (SSSR count). The molecule has 1 unspecified atom stereocenters. The number of methoxy groups -OCH3 is 2. The molecule has 1 amide bonds. The lowest BCUT2D eigenvalue weighted by atomic mass is 10.0. The average molecular weight is 425 g/mol. The molecule has 2 aromatic heterocycles. The number of carbonyl (C=O) groups is 1. The van der Waals surface area contributed by atoms with Gasteiger partial charge in [0.1, 0.15) is 17.2 Å². The summed E-state index contributed by atoms with van der Waals surface area (Å²) < 4.78 is 16.4. The van der Waals surface area contributed by atoms with Crippen molar-refractivity contribution in [3.05, 3.63) is 42.4 Å². The Labute approximate surface area is 181 Å². The lowest BCUT2D eigenvalue weighted by Gasteiger charge is -2.22. The van der Waals surface area contributed by atoms with Crippen LogP contribution in [0.4, 0.5) is 0 Å². The second-order valence-corrected chi connectivity index (χ2v) is 7.57. The lowest BCUT2D eigenvalue weighted by Crippen LogP contribution is -2.40. The fourth-order valence-electron chi connectivity index (χ4n) is 4.17. The number of ether oxygens (including phenoxy) is 2. The van der Waals surface area contributed by atoms with Gasteiger partial charge in [0.15, 0.2) is 5.76 Å². The van der Waals surface area contributed by atoms with Gasteiger partial charge in [0.25, 0.3) is 5.91 Å². The molecule has 2 N–H and O–H groups in total. The molecule has 0 spiro atoms. The van der Waals surface area contributed by atoms with E-state index in [1.165, 1.54) is 6.42 Å². The maximum atomic E-state index is 12.7. The number of rotatable bonds is 8. The van der Waals surface area contributed by atoms with Gasteiger partial charge >= 0.3 is 0 Å². The predicted octanol–water partition coefficient (Wildman–Crippen LogP) is 3.57. The van der Waals surface area contributed by atoms with Crippen molar-refractivity contribution < 1.29 is 18.8 Å². The van der Waals surface area contributed by atoms with Crippen LogP contribution in [0.3, 0.4) is 0 Å². The number of benzene rings is 1. The van der Waals surface area contributed by atoms with Gasteiger partial charge in [0, 0.05) is 29.9 Å². The average Bonchev–Trinajstić information content (AvgIpc) is 3.56. The molecule has 1 aromatic carbocycles. The quantitative estimate of drug-likeness (QED) is 0.574. The zero-order valence-corrected chi connectivity index (χ0v) is 18.1. The van der Waals surface area contributed by atoms with E-state index in [0.29, 0.717) is 35.5 Å². The monoisotopic (exact) mass is 424 g/mol. The summed E-state index contributed by atoms with van der Waals surface area (Å²) >= 11 is 0. The van der Waals surface area contributed by atoms with Crippen LogP contribution < -0.4 is 14.8 Å². The molecule has 3 heterocycles. The van der Waals surface area contributed by atoms with Gasteiger partial charge in [-0.25, -0.2) is 0 Å². The van der Waals surface area contributed by atoms with Crippen molar-refractivity contribution in [3.8, 4) is 33.9 Å². The standard InChI is InChI=1S/C23H28N4O4/c1-4-27-9-5-6-16(27)13-25-23(28)20-10-15(12-24-20)22-19(14-26-31-22)18-11-17(29-2)7-8-21(18)30-3/h7-8,10-12,14,16,24H,4-6,9,13H2,1-3H3,(H,25,28). The summed E-state index contributed by atoms with van der Waals surface area (Å²) in [6.45, 7) is 4.92. The maximum absolute atomic E-state index is 12.7. The van der Waals surface area contributed by atoms with Crippen LogP contribution >= 0.6 is 0 Å². The molecular weight excluding hydrogens is 396 g/mol. The third-order valence-electron chi connectivity index (χ3n) is 5.86. The van der Waals surface area contributed by atoms with Crippen molar-refractivity contribution in [3.63, 3.8) is 0 Å². The summed E-state index contributed by atoms with van der Waals surface area (Å²) in [5.74, 6) is 1.80. The molecule has 0 bridgehead atoms. The lowest BCUT2D eigenvalue weighted by molar-refractivity contribution is 0.0937. The smallest absolute Gasteiger partial charge is 0.267 e. The molecule has 1 atom stereocenters. The second kappa shape index (κ2) is 9.26. The van der Waals surface area contributed by atoms with E-state index in [2.05, 4.69) is 27.3 Å². The zero-order valence-electron chi connectivity index (χ0n) is 18.1. The van der Waals surface area contributed by atoms with E-state index in [-0.39, 0.29) is 5.91 Å². The van der Waals surface area contributed by atoms with Crippen LogP contribution in [0.5, 0.6) is 11.5 Å². The van der Waals surface area contributed by atoms with E-state index in [0.717, 1.165) is 36.2 Å². The van der Waals surface area contributed by atoms with Gasteiger partial charge in [-0.1, -0.05) is 12.1 Å². The summed E-state index contributed by atoms with van der Waals surface area (Å²) in [6, 6.07) is 7.72. The van der Waals surface area contributed by atoms with Gasteiger partial charge in [-0.3, -0.25) is 9.69 Å². The molecule has 0 aliphatic carbocycles. The van der Waals surface area contributed by atoms with Gasteiger partial charge in [0.05, 0.1) is 26.0 Å². The fourth-order valence-corrected chi connectivity index (χ4v) is 4.17. The molecular formula is C23H28N4O4. The number of H-pyrrole nitrogens is 1. The Bertz CT molecular complexity index is 1040. The molecule has 8 nitrogen and oxygen atoms in total. The minimum atomic E-state index is -0.130. The Kier molecular flexibility index (Phi) is 6.27. The third kappa shape index (κ3) is 4.29. The Morgan fingerprint density at radius 2 is 2.16 bits per heavy atom. The van der Waals surface area contributed by atoms with Crippen molar-refractivity contribution in [2.45, 2.75) is 25.8 Å². The molecule has 0 saturated carbocycles. The number of nitrogens with zero attached hydrogens (tertiary/aromatic N) is 2. The van der Waals surface area contributed by atoms with Crippen molar-refractivity contribution in [2.24, 2.45) is 0 Å². The number of hydrogen-bond donors (Lipinski definition) is 2. The van der Waals surface area contributed by atoms with Gasteiger partial charge < -0.3 is 24.3 Å². The SMILES string of the molecule is CCN1CCCC1CNC(=O)c1cc(-c2oncc2-c2cc(OC)ccc2OC)c[nH]1. The highest BCUT2D eigenvalue weighted by molar-refractivity contribution is 5.94. The van der Waals surface area contributed by atoms with Crippen LogP contribution in [0, 0.1) is 0 Å². The van der Waals surface area contributed by atoms with Crippen LogP contribution in [0.1, 0.15) is 30.3 Å².